The van der Waals surface area contributed by atoms with Gasteiger partial charge >= 0.3 is 0 Å². The van der Waals surface area contributed by atoms with Crippen LogP contribution in [-0.4, -0.2) is 15.5 Å². The highest BCUT2D eigenvalue weighted by atomic mass is 32.2. The lowest BCUT2D eigenvalue weighted by Crippen LogP contribution is -2.05. The molecule has 0 unspecified atom stereocenters. The van der Waals surface area contributed by atoms with Gasteiger partial charge in [-0.2, -0.15) is 0 Å². The van der Waals surface area contributed by atoms with Gasteiger partial charge in [0.2, 0.25) is 0 Å². The molecule has 1 aliphatic rings. The molecule has 4 rings (SSSR count). The zero-order valence-electron chi connectivity index (χ0n) is 13.5. The fourth-order valence-electron chi connectivity index (χ4n) is 2.66. The van der Waals surface area contributed by atoms with E-state index in [1.54, 1.807) is 11.8 Å². The second-order valence-electron chi connectivity index (χ2n) is 5.81. The molecule has 0 spiro atoms. The van der Waals surface area contributed by atoms with Crippen molar-refractivity contribution in [2.24, 2.45) is 0 Å². The van der Waals surface area contributed by atoms with Gasteiger partial charge in [0.05, 0.1) is 22.9 Å². The number of aromatic nitrogens is 2. The zero-order valence-corrected chi connectivity index (χ0v) is 14.3. The van der Waals surface area contributed by atoms with E-state index in [-0.39, 0.29) is 6.10 Å². The summed E-state index contributed by atoms with van der Waals surface area (Å²) in [6.45, 7) is 4.06. The van der Waals surface area contributed by atoms with E-state index in [4.69, 9.17) is 4.74 Å². The molecule has 4 heteroatoms. The van der Waals surface area contributed by atoms with Crippen molar-refractivity contribution in [3.63, 3.8) is 0 Å². The predicted molar refractivity (Wildman–Crippen MR) is 99.0 cm³/mol. The molecule has 1 aromatic carbocycles. The Kier molecular flexibility index (Phi) is 3.79. The van der Waals surface area contributed by atoms with Gasteiger partial charge in [0, 0.05) is 11.6 Å². The van der Waals surface area contributed by atoms with Crippen molar-refractivity contribution < 1.29 is 4.74 Å². The Bertz CT molecular complexity index is 1000. The van der Waals surface area contributed by atoms with Crippen LogP contribution >= 0.6 is 11.8 Å². The van der Waals surface area contributed by atoms with Gasteiger partial charge < -0.3 is 4.74 Å². The summed E-state index contributed by atoms with van der Waals surface area (Å²) >= 11 is 1.62. The number of benzene rings is 1. The van der Waals surface area contributed by atoms with E-state index in [1.165, 1.54) is 0 Å². The first-order valence-electron chi connectivity index (χ1n) is 7.82. The van der Waals surface area contributed by atoms with Gasteiger partial charge in [-0.1, -0.05) is 35.4 Å². The molecular weight excluding hydrogens is 316 g/mol. The Hall–Kier alpha value is -2.64. The average Bonchev–Trinajstić information content (AvgIpc) is 3.23. The molecule has 0 atom stereocenters. The highest BCUT2D eigenvalue weighted by Crippen LogP contribution is 2.31. The molecule has 118 valence electrons. The van der Waals surface area contributed by atoms with Crippen LogP contribution in [0.1, 0.15) is 19.5 Å². The number of fused-ring (bicyclic) bond motifs is 1. The van der Waals surface area contributed by atoms with Crippen molar-refractivity contribution in [1.82, 2.24) is 9.38 Å². The number of thioether (sulfide) groups is 1. The summed E-state index contributed by atoms with van der Waals surface area (Å²) in [6, 6.07) is 12.4. The van der Waals surface area contributed by atoms with Crippen LogP contribution in [0.25, 0.3) is 21.7 Å². The van der Waals surface area contributed by atoms with Gasteiger partial charge in [-0.3, -0.25) is 4.40 Å². The summed E-state index contributed by atoms with van der Waals surface area (Å²) < 4.78 is 7.78. The number of imidazole rings is 1. The Balaban J connectivity index is 1.68. The molecule has 0 saturated carbocycles. The Morgan fingerprint density at radius 1 is 1.12 bits per heavy atom. The summed E-state index contributed by atoms with van der Waals surface area (Å²) in [5.74, 6) is 0.891. The number of nitrogens with zero attached hydrogens (tertiary/aromatic N) is 2. The van der Waals surface area contributed by atoms with Crippen molar-refractivity contribution in [2.75, 3.05) is 0 Å². The summed E-state index contributed by atoms with van der Waals surface area (Å²) in [5.41, 5.74) is 10.3. The third-order valence-corrected chi connectivity index (χ3v) is 4.51. The monoisotopic (exact) mass is 332 g/mol. The second-order valence-corrected chi connectivity index (χ2v) is 6.69. The maximum absolute atomic E-state index is 5.70. The van der Waals surface area contributed by atoms with E-state index in [1.807, 2.05) is 37.6 Å². The maximum Gasteiger partial charge on any atom is 0.137 e. The largest absolute Gasteiger partial charge is 0.491 e. The van der Waals surface area contributed by atoms with Gasteiger partial charge in [0.25, 0.3) is 0 Å². The SMILES string of the molecule is CC(C)Oc1ccc(-c2ccn3c(C4=C=C=CS4)cnc3c2)cc1. The van der Waals surface area contributed by atoms with Gasteiger partial charge in [0.1, 0.15) is 11.4 Å². The van der Waals surface area contributed by atoms with Crippen molar-refractivity contribution in [3.05, 3.63) is 71.4 Å². The first kappa shape index (κ1) is 14.9. The molecule has 2 aromatic heterocycles. The van der Waals surface area contributed by atoms with Crippen LogP contribution in [0.5, 0.6) is 5.75 Å². The predicted octanol–water partition coefficient (Wildman–Crippen LogP) is 5.14. The van der Waals surface area contributed by atoms with Crippen LogP contribution in [0.2, 0.25) is 0 Å². The molecule has 0 bridgehead atoms. The minimum absolute atomic E-state index is 0.182. The number of rotatable bonds is 4. The molecule has 1 aliphatic heterocycles. The zero-order chi connectivity index (χ0) is 16.5. The first-order chi connectivity index (χ1) is 11.7. The second kappa shape index (κ2) is 6.10. The third-order valence-electron chi connectivity index (χ3n) is 3.73. The van der Waals surface area contributed by atoms with E-state index >= 15 is 0 Å². The van der Waals surface area contributed by atoms with Crippen molar-refractivity contribution >= 4 is 22.3 Å². The molecule has 3 nitrogen and oxygen atoms in total. The molecular formula is C20H16N2OS. The van der Waals surface area contributed by atoms with Gasteiger partial charge in [0.15, 0.2) is 0 Å². The van der Waals surface area contributed by atoms with E-state index < -0.39 is 0 Å². The van der Waals surface area contributed by atoms with Crippen LogP contribution in [0.3, 0.4) is 0 Å². The number of ether oxygens (including phenoxy) is 1. The van der Waals surface area contributed by atoms with Crippen molar-refractivity contribution in [2.45, 2.75) is 20.0 Å². The van der Waals surface area contributed by atoms with Crippen LogP contribution in [0.4, 0.5) is 0 Å². The maximum atomic E-state index is 5.70. The molecule has 0 fully saturated rings. The lowest BCUT2D eigenvalue weighted by molar-refractivity contribution is 0.242. The summed E-state index contributed by atoms with van der Waals surface area (Å²) in [6.07, 6.45) is 4.12. The van der Waals surface area contributed by atoms with E-state index in [2.05, 4.69) is 51.3 Å². The standard InChI is InChI=1S/C20H16N2OS/c1-14(2)23-17-7-5-15(6-8-17)16-9-10-22-18(13-21-20(22)12-16)19-4-3-11-24-19/h5-14H,1-2H3. The minimum Gasteiger partial charge on any atom is -0.491 e. The molecule has 3 aromatic rings. The van der Waals surface area contributed by atoms with Gasteiger partial charge in [-0.05, 0) is 49.2 Å². The fraction of sp³-hybridized carbons (Fsp3) is 0.150. The van der Waals surface area contributed by atoms with Crippen LogP contribution in [0.15, 0.2) is 65.7 Å². The minimum atomic E-state index is 0.182. The van der Waals surface area contributed by atoms with E-state index in [0.717, 1.165) is 33.1 Å². The average molecular weight is 332 g/mol. The molecule has 0 aliphatic carbocycles. The summed E-state index contributed by atoms with van der Waals surface area (Å²) in [7, 11) is 0. The fourth-order valence-corrected chi connectivity index (χ4v) is 3.29. The third kappa shape index (κ3) is 2.79. The topological polar surface area (TPSA) is 26.5 Å². The Morgan fingerprint density at radius 3 is 2.67 bits per heavy atom. The first-order valence-corrected chi connectivity index (χ1v) is 8.70. The molecule has 0 saturated heterocycles. The summed E-state index contributed by atoms with van der Waals surface area (Å²) in [4.78, 5) is 5.58. The quantitative estimate of drug-likeness (QED) is 0.619. The van der Waals surface area contributed by atoms with Crippen LogP contribution in [0, 0.1) is 0 Å². The molecule has 0 amide bonds. The number of hydrogen-bond donors (Lipinski definition) is 0. The summed E-state index contributed by atoms with van der Waals surface area (Å²) in [5, 5.41) is 1.91. The smallest absolute Gasteiger partial charge is 0.137 e. The van der Waals surface area contributed by atoms with Gasteiger partial charge in [-0.15, -0.1) is 0 Å². The molecule has 0 N–H and O–H groups in total. The van der Waals surface area contributed by atoms with Crippen molar-refractivity contribution in [1.29, 1.82) is 0 Å². The van der Waals surface area contributed by atoms with Crippen LogP contribution in [-0.2, 0) is 0 Å². The lowest BCUT2D eigenvalue weighted by Gasteiger charge is -2.10. The number of pyridine rings is 1. The molecule has 24 heavy (non-hydrogen) atoms. The van der Waals surface area contributed by atoms with E-state index in [0.29, 0.717) is 0 Å². The Morgan fingerprint density at radius 2 is 1.96 bits per heavy atom. The highest BCUT2D eigenvalue weighted by Gasteiger charge is 2.11. The van der Waals surface area contributed by atoms with Gasteiger partial charge in [-0.25, -0.2) is 4.98 Å². The molecule has 3 heterocycles. The lowest BCUT2D eigenvalue weighted by atomic mass is 10.1. The highest BCUT2D eigenvalue weighted by molar-refractivity contribution is 8.11. The van der Waals surface area contributed by atoms with Crippen LogP contribution < -0.4 is 4.74 Å². The van der Waals surface area contributed by atoms with Crippen molar-refractivity contribution in [3.8, 4) is 16.9 Å². The number of hydrogen-bond acceptors (Lipinski definition) is 3. The van der Waals surface area contributed by atoms with E-state index in [9.17, 15) is 0 Å². The normalized spacial score (nSPS) is 13.0. The Labute approximate surface area is 145 Å². The molecule has 0 radical (unpaired) electrons.